The first-order chi connectivity index (χ1) is 5.00. The van der Waals surface area contributed by atoms with Crippen molar-refractivity contribution in [2.24, 2.45) is 0 Å². The summed E-state index contributed by atoms with van der Waals surface area (Å²) >= 11 is 1.35. The van der Waals surface area contributed by atoms with Crippen LogP contribution in [0, 0.1) is 0 Å². The van der Waals surface area contributed by atoms with Crippen molar-refractivity contribution in [2.75, 3.05) is 5.75 Å². The molecule has 2 nitrogen and oxygen atoms in total. The molecule has 2 rings (SSSR count). The average Bonchev–Trinajstić information content (AvgIpc) is 2.67. The van der Waals surface area contributed by atoms with Crippen LogP contribution in [0.3, 0.4) is 0 Å². The van der Waals surface area contributed by atoms with Crippen molar-refractivity contribution in [1.29, 1.82) is 0 Å². The zero-order chi connectivity index (χ0) is 7.07. The summed E-state index contributed by atoms with van der Waals surface area (Å²) in [4.78, 5) is 0. The standard InChI is InChI=1S/C3H4S2.C2H2N2S.K/c1-2-4-5-3-1;1-2-5-4-3-1;/h1-2H,3H2;1-2H;. The maximum Gasteiger partial charge on any atom is 0.0620 e. The number of nitrogens with zero attached hydrogens (tertiary/aromatic N) is 2. The van der Waals surface area contributed by atoms with Gasteiger partial charge in [-0.2, -0.15) is 0 Å². The second kappa shape index (κ2) is 9.72. The van der Waals surface area contributed by atoms with Crippen molar-refractivity contribution in [2.45, 2.75) is 0 Å². The van der Waals surface area contributed by atoms with Crippen LogP contribution in [-0.4, -0.2) is 66.7 Å². The molecule has 0 N–H and O–H groups in total. The molecule has 1 aromatic heterocycles. The van der Waals surface area contributed by atoms with E-state index in [0.29, 0.717) is 0 Å². The predicted molar refractivity (Wildman–Crippen MR) is 54.9 cm³/mol. The van der Waals surface area contributed by atoms with Gasteiger partial charge in [-0.3, -0.25) is 0 Å². The first-order valence-electron chi connectivity index (χ1n) is 2.64. The Kier molecular flexibility index (Phi) is 11.2. The molecule has 0 amide bonds. The van der Waals surface area contributed by atoms with Crippen LogP contribution < -0.4 is 0 Å². The summed E-state index contributed by atoms with van der Waals surface area (Å²) in [5.74, 6) is 1.20. The molecule has 55 valence electrons. The fraction of sp³-hybridized carbons (Fsp3) is 0.200. The minimum absolute atomic E-state index is 0. The van der Waals surface area contributed by atoms with Crippen LogP contribution in [0.4, 0.5) is 0 Å². The van der Waals surface area contributed by atoms with E-state index in [1.54, 1.807) is 6.20 Å². The molecule has 1 aliphatic rings. The van der Waals surface area contributed by atoms with Gasteiger partial charge >= 0.3 is 0 Å². The average molecular weight is 229 g/mol. The van der Waals surface area contributed by atoms with Gasteiger partial charge in [0.25, 0.3) is 0 Å². The fourth-order valence-corrected chi connectivity index (χ4v) is 2.18. The van der Waals surface area contributed by atoms with Crippen LogP contribution in [0.2, 0.25) is 0 Å². The number of hydrogen-bond donors (Lipinski definition) is 0. The Morgan fingerprint density at radius 1 is 1.36 bits per heavy atom. The van der Waals surface area contributed by atoms with E-state index in [2.05, 4.69) is 21.1 Å². The molecule has 0 bridgehead atoms. The van der Waals surface area contributed by atoms with Gasteiger partial charge in [0, 0.05) is 62.5 Å². The van der Waals surface area contributed by atoms with Crippen molar-refractivity contribution in [3.05, 3.63) is 23.1 Å². The van der Waals surface area contributed by atoms with Gasteiger partial charge in [-0.05, 0) is 16.9 Å². The van der Waals surface area contributed by atoms with Crippen LogP contribution in [0.25, 0.3) is 0 Å². The first-order valence-corrected chi connectivity index (χ1v) is 5.86. The van der Waals surface area contributed by atoms with E-state index in [-0.39, 0.29) is 51.4 Å². The van der Waals surface area contributed by atoms with Gasteiger partial charge in [0.05, 0.1) is 6.20 Å². The van der Waals surface area contributed by atoms with Gasteiger partial charge in [-0.25, -0.2) is 0 Å². The number of rotatable bonds is 0. The summed E-state index contributed by atoms with van der Waals surface area (Å²) in [5.41, 5.74) is 0. The van der Waals surface area contributed by atoms with Crippen LogP contribution >= 0.6 is 33.1 Å². The third kappa shape index (κ3) is 7.98. The Morgan fingerprint density at radius 2 is 2.27 bits per heavy atom. The van der Waals surface area contributed by atoms with Crippen molar-refractivity contribution in [3.8, 4) is 0 Å². The maximum absolute atomic E-state index is 3.51. The largest absolute Gasteiger partial charge is 0.147 e. The van der Waals surface area contributed by atoms with E-state index in [0.717, 1.165) is 0 Å². The minimum Gasteiger partial charge on any atom is -0.147 e. The molecule has 0 unspecified atom stereocenters. The zero-order valence-corrected chi connectivity index (χ0v) is 11.7. The molecule has 0 saturated carbocycles. The first kappa shape index (κ1) is 12.6. The molecule has 1 radical (unpaired) electrons. The van der Waals surface area contributed by atoms with Crippen LogP contribution in [-0.2, 0) is 0 Å². The molecule has 0 saturated heterocycles. The Labute approximate surface area is 121 Å². The van der Waals surface area contributed by atoms with Gasteiger partial charge in [-0.15, -0.1) is 5.10 Å². The molecule has 0 aromatic carbocycles. The van der Waals surface area contributed by atoms with E-state index in [1.165, 1.54) is 17.3 Å². The molecular formula is C5H6KN2S3. The van der Waals surface area contributed by atoms with Gasteiger partial charge in [0.1, 0.15) is 0 Å². The second-order valence-corrected chi connectivity index (χ2v) is 4.30. The number of aromatic nitrogens is 2. The Morgan fingerprint density at radius 3 is 2.45 bits per heavy atom. The van der Waals surface area contributed by atoms with Crippen LogP contribution in [0.1, 0.15) is 0 Å². The van der Waals surface area contributed by atoms with Crippen LogP contribution in [0.15, 0.2) is 23.1 Å². The zero-order valence-electron chi connectivity index (χ0n) is 6.14. The van der Waals surface area contributed by atoms with Gasteiger partial charge < -0.3 is 0 Å². The fourth-order valence-electron chi connectivity index (χ4n) is 0.333. The van der Waals surface area contributed by atoms with Gasteiger partial charge in [0.2, 0.25) is 0 Å². The summed E-state index contributed by atoms with van der Waals surface area (Å²) in [5, 5.41) is 7.43. The second-order valence-electron chi connectivity index (χ2n) is 1.34. The molecule has 11 heavy (non-hydrogen) atoms. The summed E-state index contributed by atoms with van der Waals surface area (Å²) in [6, 6.07) is 0. The van der Waals surface area contributed by atoms with Crippen LogP contribution in [0.5, 0.6) is 0 Å². The monoisotopic (exact) mass is 229 g/mol. The predicted octanol–water partition coefficient (Wildman–Crippen LogP) is 2.05. The minimum atomic E-state index is 0. The van der Waals surface area contributed by atoms with Gasteiger partial charge in [-0.1, -0.05) is 32.2 Å². The molecule has 6 heteroatoms. The summed E-state index contributed by atoms with van der Waals surface area (Å²) in [7, 11) is 3.69. The summed E-state index contributed by atoms with van der Waals surface area (Å²) in [6.45, 7) is 0. The van der Waals surface area contributed by atoms with Crippen molar-refractivity contribution in [3.63, 3.8) is 0 Å². The van der Waals surface area contributed by atoms with Crippen molar-refractivity contribution >= 4 is 84.5 Å². The Bertz CT molecular complexity index is 155. The van der Waals surface area contributed by atoms with E-state index in [1.807, 2.05) is 27.0 Å². The molecule has 0 aliphatic carbocycles. The summed E-state index contributed by atoms with van der Waals surface area (Å²) in [6.07, 6.45) is 3.82. The molecular weight excluding hydrogens is 223 g/mol. The molecule has 0 atom stereocenters. The molecule has 0 fully saturated rings. The molecule has 1 aliphatic heterocycles. The molecule has 2 heterocycles. The Balaban J connectivity index is 0.000000167. The maximum atomic E-state index is 3.51. The number of hydrogen-bond acceptors (Lipinski definition) is 5. The SMILES string of the molecule is C1=CSSC1.[K].c1csnn1. The molecule has 0 spiro atoms. The topological polar surface area (TPSA) is 25.8 Å². The Hall–Kier alpha value is 1.64. The van der Waals surface area contributed by atoms with E-state index >= 15 is 0 Å². The third-order valence-electron chi connectivity index (χ3n) is 0.667. The third-order valence-corrected chi connectivity index (χ3v) is 3.02. The van der Waals surface area contributed by atoms with E-state index in [4.69, 9.17) is 0 Å². The van der Waals surface area contributed by atoms with Crippen molar-refractivity contribution < 1.29 is 0 Å². The normalized spacial score (nSPS) is 13.1. The van der Waals surface area contributed by atoms with Gasteiger partial charge in [0.15, 0.2) is 0 Å². The smallest absolute Gasteiger partial charge is 0.0620 e. The summed E-state index contributed by atoms with van der Waals surface area (Å²) < 4.78 is 3.51. The van der Waals surface area contributed by atoms with E-state index in [9.17, 15) is 0 Å². The molecule has 1 aromatic rings. The quantitative estimate of drug-likeness (QED) is 0.502. The van der Waals surface area contributed by atoms with E-state index < -0.39 is 0 Å². The van der Waals surface area contributed by atoms with Crippen molar-refractivity contribution in [1.82, 2.24) is 9.59 Å².